The van der Waals surface area contributed by atoms with Crippen LogP contribution < -0.4 is 18.9 Å². The summed E-state index contributed by atoms with van der Waals surface area (Å²) < 4.78 is 57.3. The molecule has 46 heavy (non-hydrogen) atoms. The third kappa shape index (κ3) is 7.27. The molecule has 11 heteroatoms. The van der Waals surface area contributed by atoms with Gasteiger partial charge in [0.05, 0.1) is 50.6 Å². The van der Waals surface area contributed by atoms with Crippen LogP contribution in [0.5, 0.6) is 23.0 Å². The lowest BCUT2D eigenvalue weighted by Gasteiger charge is -2.38. The lowest BCUT2D eigenvalue weighted by Crippen LogP contribution is -2.42. The Morgan fingerprint density at radius 1 is 0.783 bits per heavy atom. The van der Waals surface area contributed by atoms with Gasteiger partial charge in [0.15, 0.2) is 23.0 Å². The predicted molar refractivity (Wildman–Crippen MR) is 175 cm³/mol. The molecule has 1 saturated heterocycles. The number of hydrogen-bond donors (Lipinski definition) is 0. The first-order valence-corrected chi connectivity index (χ1v) is 17.5. The Kier molecular flexibility index (Phi) is 11.1. The summed E-state index contributed by atoms with van der Waals surface area (Å²) in [6.45, 7) is 11.4. The van der Waals surface area contributed by atoms with Crippen LogP contribution >= 0.6 is 0 Å². The van der Waals surface area contributed by atoms with E-state index < -0.39 is 10.0 Å². The number of fused-ring (bicyclic) bond motifs is 1. The van der Waals surface area contributed by atoms with Crippen molar-refractivity contribution in [3.63, 3.8) is 0 Å². The van der Waals surface area contributed by atoms with Gasteiger partial charge in [-0.1, -0.05) is 12.1 Å². The molecular formula is C35H44N2O8S. The second kappa shape index (κ2) is 15.2. The van der Waals surface area contributed by atoms with E-state index in [1.807, 2.05) is 62.9 Å². The number of rotatable bonds is 13. The molecule has 0 bridgehead atoms. The fraction of sp³-hybridized carbons (Fsp3) is 0.457. The Balaban J connectivity index is 1.54. The first kappa shape index (κ1) is 33.6. The molecule has 3 aromatic rings. The van der Waals surface area contributed by atoms with Gasteiger partial charge in [0.2, 0.25) is 10.0 Å². The summed E-state index contributed by atoms with van der Waals surface area (Å²) in [6, 6.07) is 15.9. The van der Waals surface area contributed by atoms with Crippen molar-refractivity contribution in [1.82, 2.24) is 9.21 Å². The number of carbonyl (C=O) groups excluding carboxylic acids is 1. The van der Waals surface area contributed by atoms with E-state index in [4.69, 9.17) is 23.7 Å². The van der Waals surface area contributed by atoms with Gasteiger partial charge in [0, 0.05) is 25.2 Å². The standard InChI is InChI=1S/C35H44N2O8S/c1-5-42-31-13-12-25(21-32(31)43-6-2)20-30-29-24-34(45-8-4)33(44-7-3)23-26(29)14-15-37(30)35(38)27-10-9-11-28(22-27)46(39,40)36-16-18-41-19-17-36/h9-13,21-24,30H,5-8,14-20H2,1-4H3/t30-/m1/s1. The van der Waals surface area contributed by atoms with Crippen molar-refractivity contribution in [2.75, 3.05) is 59.3 Å². The number of sulfonamides is 1. The molecule has 1 atom stereocenters. The van der Waals surface area contributed by atoms with Crippen LogP contribution in [0.15, 0.2) is 59.5 Å². The summed E-state index contributed by atoms with van der Waals surface area (Å²) in [5, 5.41) is 0. The number of nitrogens with zero attached hydrogens (tertiary/aromatic N) is 2. The number of ether oxygens (including phenoxy) is 5. The van der Waals surface area contributed by atoms with Gasteiger partial charge in [-0.3, -0.25) is 4.79 Å². The first-order chi connectivity index (χ1) is 22.3. The molecule has 0 aliphatic carbocycles. The lowest BCUT2D eigenvalue weighted by molar-refractivity contribution is 0.0658. The number of carbonyl (C=O) groups is 1. The molecule has 0 saturated carbocycles. The minimum absolute atomic E-state index is 0.0991. The number of hydrogen-bond acceptors (Lipinski definition) is 8. The molecule has 0 aromatic heterocycles. The van der Waals surface area contributed by atoms with E-state index in [0.717, 1.165) is 16.7 Å². The quantitative estimate of drug-likeness (QED) is 0.246. The summed E-state index contributed by atoms with van der Waals surface area (Å²) in [5.41, 5.74) is 3.34. The van der Waals surface area contributed by atoms with E-state index in [-0.39, 0.29) is 29.9 Å². The second-order valence-electron chi connectivity index (χ2n) is 11.0. The molecule has 3 aromatic carbocycles. The van der Waals surface area contributed by atoms with Crippen molar-refractivity contribution in [2.45, 2.75) is 51.5 Å². The smallest absolute Gasteiger partial charge is 0.254 e. The van der Waals surface area contributed by atoms with Gasteiger partial charge in [-0.05, 0) is 99.7 Å². The van der Waals surface area contributed by atoms with Crippen molar-refractivity contribution in [3.8, 4) is 23.0 Å². The molecule has 2 heterocycles. The van der Waals surface area contributed by atoms with Crippen LogP contribution in [0.4, 0.5) is 0 Å². The summed E-state index contributed by atoms with van der Waals surface area (Å²) >= 11 is 0. The number of benzene rings is 3. The van der Waals surface area contributed by atoms with Gasteiger partial charge >= 0.3 is 0 Å². The van der Waals surface area contributed by atoms with Crippen LogP contribution in [-0.4, -0.2) is 82.8 Å². The Labute approximate surface area is 272 Å². The second-order valence-corrected chi connectivity index (χ2v) is 13.0. The normalized spacial score (nSPS) is 16.9. The van der Waals surface area contributed by atoms with Crippen molar-refractivity contribution in [3.05, 3.63) is 76.9 Å². The molecule has 1 fully saturated rings. The van der Waals surface area contributed by atoms with Crippen molar-refractivity contribution in [1.29, 1.82) is 0 Å². The highest BCUT2D eigenvalue weighted by Gasteiger charge is 2.34. The summed E-state index contributed by atoms with van der Waals surface area (Å²) in [4.78, 5) is 16.3. The highest BCUT2D eigenvalue weighted by Crippen LogP contribution is 2.41. The zero-order chi connectivity index (χ0) is 32.7. The van der Waals surface area contributed by atoms with Gasteiger partial charge in [0.25, 0.3) is 5.91 Å². The Morgan fingerprint density at radius 3 is 2.09 bits per heavy atom. The maximum absolute atomic E-state index is 14.4. The van der Waals surface area contributed by atoms with E-state index in [2.05, 4.69) is 0 Å². The predicted octanol–water partition coefficient (Wildman–Crippen LogP) is 5.28. The average molecular weight is 653 g/mol. The Morgan fingerprint density at radius 2 is 1.41 bits per heavy atom. The minimum Gasteiger partial charge on any atom is -0.490 e. The number of morpholine rings is 1. The minimum atomic E-state index is -3.77. The molecule has 248 valence electrons. The van der Waals surface area contributed by atoms with E-state index in [1.165, 1.54) is 10.4 Å². The van der Waals surface area contributed by atoms with Gasteiger partial charge < -0.3 is 28.6 Å². The first-order valence-electron chi connectivity index (χ1n) is 16.1. The largest absolute Gasteiger partial charge is 0.490 e. The van der Waals surface area contributed by atoms with E-state index in [9.17, 15) is 13.2 Å². The molecule has 0 spiro atoms. The summed E-state index contributed by atoms with van der Waals surface area (Å²) in [5.74, 6) is 2.39. The molecule has 1 amide bonds. The molecule has 0 unspecified atom stereocenters. The van der Waals surface area contributed by atoms with Gasteiger partial charge in [-0.25, -0.2) is 8.42 Å². The third-order valence-corrected chi connectivity index (χ3v) is 10.0. The maximum atomic E-state index is 14.4. The van der Waals surface area contributed by atoms with Crippen molar-refractivity contribution >= 4 is 15.9 Å². The van der Waals surface area contributed by atoms with E-state index >= 15 is 0 Å². The monoisotopic (exact) mass is 652 g/mol. The van der Waals surface area contributed by atoms with Crippen molar-refractivity contribution in [2.24, 2.45) is 0 Å². The zero-order valence-corrected chi connectivity index (χ0v) is 27.9. The zero-order valence-electron chi connectivity index (χ0n) is 27.1. The molecule has 0 N–H and O–H groups in total. The molecule has 0 radical (unpaired) electrons. The van der Waals surface area contributed by atoms with Gasteiger partial charge in [-0.2, -0.15) is 4.31 Å². The van der Waals surface area contributed by atoms with E-state index in [0.29, 0.717) is 87.6 Å². The third-order valence-electron chi connectivity index (χ3n) is 8.15. The summed E-state index contributed by atoms with van der Waals surface area (Å²) in [7, 11) is -3.77. The van der Waals surface area contributed by atoms with Crippen LogP contribution in [-0.2, 0) is 27.6 Å². The van der Waals surface area contributed by atoms with Gasteiger partial charge in [-0.15, -0.1) is 0 Å². The van der Waals surface area contributed by atoms with Crippen LogP contribution in [0.1, 0.15) is 60.8 Å². The van der Waals surface area contributed by atoms with E-state index in [1.54, 1.807) is 18.2 Å². The fourth-order valence-corrected chi connectivity index (χ4v) is 7.50. The van der Waals surface area contributed by atoms with Crippen LogP contribution in [0.25, 0.3) is 0 Å². The van der Waals surface area contributed by atoms with Gasteiger partial charge in [0.1, 0.15) is 0 Å². The Bertz CT molecular complexity index is 1620. The maximum Gasteiger partial charge on any atom is 0.254 e. The Hall–Kier alpha value is -3.80. The molecule has 2 aliphatic rings. The average Bonchev–Trinajstić information content (AvgIpc) is 3.07. The molecular weight excluding hydrogens is 608 g/mol. The number of amides is 1. The highest BCUT2D eigenvalue weighted by atomic mass is 32.2. The SMILES string of the molecule is CCOc1ccc(C[C@@H]2c3cc(OCC)c(OCC)cc3CCN2C(=O)c2cccc(S(=O)(=O)N3CCOCC3)c2)cc1OCC. The summed E-state index contributed by atoms with van der Waals surface area (Å²) in [6.07, 6.45) is 1.11. The molecule has 5 rings (SSSR count). The topological polar surface area (TPSA) is 104 Å². The van der Waals surface area contributed by atoms with Crippen LogP contribution in [0.2, 0.25) is 0 Å². The lowest BCUT2D eigenvalue weighted by atomic mass is 9.87. The fourth-order valence-electron chi connectivity index (χ4n) is 6.05. The molecule has 10 nitrogen and oxygen atoms in total. The highest BCUT2D eigenvalue weighted by molar-refractivity contribution is 7.89. The van der Waals surface area contributed by atoms with Crippen LogP contribution in [0.3, 0.4) is 0 Å². The van der Waals surface area contributed by atoms with Crippen molar-refractivity contribution < 1.29 is 36.9 Å². The van der Waals surface area contributed by atoms with Crippen LogP contribution in [0, 0.1) is 0 Å². The molecule has 2 aliphatic heterocycles.